The number of amidine groups is 1. The van der Waals surface area contributed by atoms with Gasteiger partial charge in [-0.25, -0.2) is 4.99 Å². The highest BCUT2D eigenvalue weighted by atomic mass is 35.5. The summed E-state index contributed by atoms with van der Waals surface area (Å²) >= 11 is 13.7. The topological polar surface area (TPSA) is 48.8 Å². The zero-order chi connectivity index (χ0) is 22.5. The molecule has 0 bridgehead atoms. The van der Waals surface area contributed by atoms with Gasteiger partial charge in [0.1, 0.15) is 16.5 Å². The Hall–Kier alpha value is -2.02. The van der Waals surface area contributed by atoms with Crippen molar-refractivity contribution in [2.24, 2.45) is 10.9 Å². The lowest BCUT2D eigenvalue weighted by Gasteiger charge is -2.36. The molecule has 0 fully saturated rings. The molecule has 4 rings (SSSR count). The van der Waals surface area contributed by atoms with E-state index in [1.165, 1.54) is 11.8 Å². The van der Waals surface area contributed by atoms with Crippen LogP contribution in [0.2, 0.25) is 10.0 Å². The van der Waals surface area contributed by atoms with Crippen LogP contribution in [0.3, 0.4) is 0 Å². The largest absolute Gasteiger partial charge is 0.344 e. The number of hydrogen-bond donors (Lipinski definition) is 0. The molecule has 0 aliphatic carbocycles. The number of rotatable bonds is 4. The number of hydrogen-bond acceptors (Lipinski definition) is 5. The summed E-state index contributed by atoms with van der Waals surface area (Å²) in [7, 11) is 3.55. The van der Waals surface area contributed by atoms with Gasteiger partial charge < -0.3 is 9.80 Å². The molecule has 2 aromatic rings. The Morgan fingerprint density at radius 1 is 1.13 bits per heavy atom. The van der Waals surface area contributed by atoms with E-state index in [0.29, 0.717) is 10.0 Å². The second kappa shape index (κ2) is 8.15. The van der Waals surface area contributed by atoms with Gasteiger partial charge in [-0.2, -0.15) is 0 Å². The van der Waals surface area contributed by atoms with E-state index in [4.69, 9.17) is 28.2 Å². The fraction of sp³-hybridized carbons (Fsp3) is 0.348. The van der Waals surface area contributed by atoms with Crippen LogP contribution in [0.25, 0.3) is 0 Å². The summed E-state index contributed by atoms with van der Waals surface area (Å²) in [4.78, 5) is 27.3. The molecule has 2 atom stereocenters. The van der Waals surface area contributed by atoms with E-state index in [1.54, 1.807) is 25.2 Å². The van der Waals surface area contributed by atoms with Gasteiger partial charge in [-0.3, -0.25) is 9.78 Å². The lowest BCUT2D eigenvalue weighted by atomic mass is 9.83. The van der Waals surface area contributed by atoms with Crippen molar-refractivity contribution >= 4 is 46.0 Å². The summed E-state index contributed by atoms with van der Waals surface area (Å²) in [6.07, 6.45) is 1.66. The molecule has 0 saturated heterocycles. The van der Waals surface area contributed by atoms with Crippen LogP contribution in [0, 0.1) is 5.92 Å². The maximum atomic E-state index is 13.0. The van der Waals surface area contributed by atoms with Crippen LogP contribution in [-0.2, 0) is 10.3 Å². The number of carbonyl (C=O) groups is 1. The van der Waals surface area contributed by atoms with Crippen molar-refractivity contribution < 1.29 is 4.79 Å². The normalized spacial score (nSPS) is 22.8. The Morgan fingerprint density at radius 3 is 2.32 bits per heavy atom. The van der Waals surface area contributed by atoms with Gasteiger partial charge >= 0.3 is 0 Å². The summed E-state index contributed by atoms with van der Waals surface area (Å²) in [6, 6.07) is 11.3. The van der Waals surface area contributed by atoms with Gasteiger partial charge in [0, 0.05) is 31.0 Å². The molecule has 1 amide bonds. The molecule has 3 heterocycles. The number of likely N-dealkylation sites (N-methyl/N-ethyl adjacent to an activating group) is 1. The minimum absolute atomic E-state index is 0.0122. The SMILES string of the molecule is CC(C)C1=C(C(=O)N(C)C)SC2=N[C@@](C)(c3ccc(Cl)cc3)[C@@H](c3ccc(Cl)cn3)N21. The summed E-state index contributed by atoms with van der Waals surface area (Å²) in [5.41, 5.74) is 2.24. The molecular weight excluding hydrogens is 451 g/mol. The van der Waals surface area contributed by atoms with Gasteiger partial charge in [0.05, 0.1) is 10.7 Å². The predicted molar refractivity (Wildman–Crippen MR) is 128 cm³/mol. The first kappa shape index (κ1) is 22.2. The third-order valence-electron chi connectivity index (χ3n) is 5.62. The Bertz CT molecular complexity index is 1080. The second-order valence-electron chi connectivity index (χ2n) is 8.39. The Balaban J connectivity index is 1.91. The van der Waals surface area contributed by atoms with Crippen molar-refractivity contribution in [1.29, 1.82) is 0 Å². The van der Waals surface area contributed by atoms with Crippen LogP contribution >= 0.6 is 35.0 Å². The number of nitrogens with zero attached hydrogens (tertiary/aromatic N) is 4. The maximum Gasteiger partial charge on any atom is 0.262 e. The van der Waals surface area contributed by atoms with Crippen LogP contribution < -0.4 is 0 Å². The molecule has 31 heavy (non-hydrogen) atoms. The molecule has 1 aromatic heterocycles. The van der Waals surface area contributed by atoms with Gasteiger partial charge in [0.15, 0.2) is 5.17 Å². The molecule has 162 valence electrons. The average Bonchev–Trinajstić information content (AvgIpc) is 3.21. The monoisotopic (exact) mass is 474 g/mol. The van der Waals surface area contributed by atoms with E-state index in [2.05, 4.69) is 30.7 Å². The van der Waals surface area contributed by atoms with E-state index >= 15 is 0 Å². The number of benzene rings is 1. The lowest BCUT2D eigenvalue weighted by Crippen LogP contribution is -2.36. The molecular formula is C23H24Cl2N4OS. The third kappa shape index (κ3) is 3.75. The van der Waals surface area contributed by atoms with Crippen LogP contribution in [0.15, 0.2) is 58.2 Å². The predicted octanol–water partition coefficient (Wildman–Crippen LogP) is 5.72. The van der Waals surface area contributed by atoms with Crippen molar-refractivity contribution in [3.05, 3.63) is 74.5 Å². The van der Waals surface area contributed by atoms with E-state index in [0.717, 1.165) is 27.0 Å². The molecule has 2 aliphatic heterocycles. The molecule has 1 aromatic carbocycles. The van der Waals surface area contributed by atoms with Gasteiger partial charge in [0.2, 0.25) is 0 Å². The number of allylic oxidation sites excluding steroid dienone is 1. The number of fused-ring (bicyclic) bond motifs is 1. The van der Waals surface area contributed by atoms with Crippen molar-refractivity contribution in [3.63, 3.8) is 0 Å². The average molecular weight is 475 g/mol. The fourth-order valence-electron chi connectivity index (χ4n) is 4.12. The molecule has 8 heteroatoms. The zero-order valence-electron chi connectivity index (χ0n) is 18.1. The molecule has 5 nitrogen and oxygen atoms in total. The third-order valence-corrected chi connectivity index (χ3v) is 7.15. The second-order valence-corrected chi connectivity index (χ2v) is 10.2. The minimum atomic E-state index is -0.611. The van der Waals surface area contributed by atoms with Crippen molar-refractivity contribution in [1.82, 2.24) is 14.8 Å². The standard InChI is InChI=1S/C23H24Cl2N4OS/c1-13(2)18-19(21(30)28(4)5)31-22-27-23(3,14-6-8-15(24)9-7-14)20(29(18)22)17-11-10-16(25)12-26-17/h6-13,20H,1-5H3/t20-,23+/m1/s1. The van der Waals surface area contributed by atoms with Gasteiger partial charge in [-0.05, 0) is 54.4 Å². The van der Waals surface area contributed by atoms with Crippen LogP contribution in [-0.4, -0.2) is 40.0 Å². The highest BCUT2D eigenvalue weighted by molar-refractivity contribution is 8.18. The summed E-state index contributed by atoms with van der Waals surface area (Å²) < 4.78 is 0. The molecule has 0 radical (unpaired) electrons. The van der Waals surface area contributed by atoms with Gasteiger partial charge in [-0.1, -0.05) is 49.2 Å². The van der Waals surface area contributed by atoms with Crippen LogP contribution in [0.4, 0.5) is 0 Å². The first-order chi connectivity index (χ1) is 14.6. The smallest absolute Gasteiger partial charge is 0.262 e. The quantitative estimate of drug-likeness (QED) is 0.568. The Labute approximate surface area is 197 Å². The Morgan fingerprint density at radius 2 is 1.77 bits per heavy atom. The van der Waals surface area contributed by atoms with Crippen molar-refractivity contribution in [3.8, 4) is 0 Å². The number of halogens is 2. The molecule has 0 spiro atoms. The number of aliphatic imine (C=N–C) groups is 1. The number of aromatic nitrogens is 1. The van der Waals surface area contributed by atoms with Gasteiger partial charge in [0.25, 0.3) is 5.91 Å². The van der Waals surface area contributed by atoms with Crippen molar-refractivity contribution in [2.75, 3.05) is 14.1 Å². The highest BCUT2D eigenvalue weighted by Gasteiger charge is 2.53. The first-order valence-electron chi connectivity index (χ1n) is 10.0. The number of carbonyl (C=O) groups excluding carboxylic acids is 1. The van der Waals surface area contributed by atoms with E-state index in [1.807, 2.05) is 36.4 Å². The fourth-order valence-corrected chi connectivity index (χ4v) is 5.78. The summed E-state index contributed by atoms with van der Waals surface area (Å²) in [6.45, 7) is 6.31. The molecule has 0 unspecified atom stereocenters. The minimum Gasteiger partial charge on any atom is -0.344 e. The lowest BCUT2D eigenvalue weighted by molar-refractivity contribution is -0.124. The van der Waals surface area contributed by atoms with E-state index < -0.39 is 5.54 Å². The Kier molecular flexibility index (Phi) is 5.83. The van der Waals surface area contributed by atoms with Crippen LogP contribution in [0.1, 0.15) is 38.1 Å². The summed E-state index contributed by atoms with van der Waals surface area (Å²) in [5.74, 6) is 0.114. The molecule has 0 saturated carbocycles. The van der Waals surface area contributed by atoms with E-state index in [-0.39, 0.29) is 17.9 Å². The summed E-state index contributed by atoms with van der Waals surface area (Å²) in [5, 5.41) is 2.07. The molecule has 0 N–H and O–H groups in total. The van der Waals surface area contributed by atoms with Crippen molar-refractivity contribution in [2.45, 2.75) is 32.4 Å². The highest BCUT2D eigenvalue weighted by Crippen LogP contribution is 2.55. The molecule has 2 aliphatic rings. The van der Waals surface area contributed by atoms with E-state index in [9.17, 15) is 4.79 Å². The maximum absolute atomic E-state index is 13.0. The number of amides is 1. The van der Waals surface area contributed by atoms with Crippen LogP contribution in [0.5, 0.6) is 0 Å². The first-order valence-corrected chi connectivity index (χ1v) is 11.6. The number of pyridine rings is 1. The zero-order valence-corrected chi connectivity index (χ0v) is 20.4. The number of thioether (sulfide) groups is 1. The van der Waals surface area contributed by atoms with Gasteiger partial charge in [-0.15, -0.1) is 0 Å².